The van der Waals surface area contributed by atoms with Crippen LogP contribution in [0.5, 0.6) is 0 Å². The molecule has 0 saturated heterocycles. The molecule has 0 atom stereocenters. The van der Waals surface area contributed by atoms with Crippen molar-refractivity contribution in [3.05, 3.63) is 130 Å². The van der Waals surface area contributed by atoms with Crippen LogP contribution in [0.4, 0.5) is 35.1 Å². The number of hydrogen-bond donors (Lipinski definition) is 0. The summed E-state index contributed by atoms with van der Waals surface area (Å²) in [6, 6.07) is 11.9. The van der Waals surface area contributed by atoms with Crippen LogP contribution in [0.15, 0.2) is 67.3 Å². The van der Waals surface area contributed by atoms with Crippen molar-refractivity contribution in [2.45, 2.75) is 44.7 Å². The van der Waals surface area contributed by atoms with Gasteiger partial charge in [-0.15, -0.1) is 6.58 Å². The van der Waals surface area contributed by atoms with Crippen molar-refractivity contribution in [2.24, 2.45) is 0 Å². The van der Waals surface area contributed by atoms with Gasteiger partial charge in [-0.3, -0.25) is 0 Å². The van der Waals surface area contributed by atoms with Gasteiger partial charge in [0, 0.05) is 10.9 Å². The van der Waals surface area contributed by atoms with Crippen LogP contribution in [0.25, 0.3) is 10.8 Å². The number of halogens is 8. The van der Waals surface area contributed by atoms with Gasteiger partial charge in [-0.25, -0.2) is 22.0 Å². The Kier molecular flexibility index (Phi) is 8.42. The number of alkyl halides is 3. The number of fused-ring (bicyclic) bond motifs is 1. The highest BCUT2D eigenvalue weighted by atomic mass is 19.4. The average Bonchev–Trinajstić information content (AvgIpc) is 2.85. The molecule has 0 radical (unpaired) electrons. The number of aryl methyl sites for hydroxylation is 4. The van der Waals surface area contributed by atoms with E-state index in [0.29, 0.717) is 42.3 Å². The molecule has 39 heavy (non-hydrogen) atoms. The van der Waals surface area contributed by atoms with Gasteiger partial charge in [0.1, 0.15) is 34.6 Å². The first-order valence-electron chi connectivity index (χ1n) is 12.3. The van der Waals surface area contributed by atoms with E-state index >= 15 is 4.39 Å². The van der Waals surface area contributed by atoms with Crippen LogP contribution < -0.4 is 0 Å². The number of allylic oxidation sites excluding steroid dienone is 1. The molecule has 4 aromatic rings. The molecule has 204 valence electrons. The van der Waals surface area contributed by atoms with E-state index in [4.69, 9.17) is 0 Å². The summed E-state index contributed by atoms with van der Waals surface area (Å²) in [5.41, 5.74) is -0.461. The van der Waals surface area contributed by atoms with E-state index in [-0.39, 0.29) is 41.3 Å². The van der Waals surface area contributed by atoms with E-state index in [1.165, 1.54) is 18.2 Å². The molecule has 0 spiro atoms. The summed E-state index contributed by atoms with van der Waals surface area (Å²) in [5.74, 6) is -5.21. The van der Waals surface area contributed by atoms with Gasteiger partial charge in [0.05, 0.1) is 0 Å². The zero-order chi connectivity index (χ0) is 28.3. The van der Waals surface area contributed by atoms with Crippen molar-refractivity contribution in [2.75, 3.05) is 0 Å². The monoisotopic (exact) mass is 548 g/mol. The van der Waals surface area contributed by atoms with Crippen molar-refractivity contribution >= 4 is 10.8 Å². The summed E-state index contributed by atoms with van der Waals surface area (Å²) >= 11 is 0. The smallest absolute Gasteiger partial charge is 0.207 e. The van der Waals surface area contributed by atoms with Gasteiger partial charge >= 0.3 is 6.18 Å². The van der Waals surface area contributed by atoms with E-state index in [0.717, 1.165) is 5.56 Å². The Balaban J connectivity index is 1.47. The third-order valence-electron chi connectivity index (χ3n) is 6.67. The molecule has 0 amide bonds. The van der Waals surface area contributed by atoms with E-state index in [1.54, 1.807) is 30.3 Å². The van der Waals surface area contributed by atoms with Crippen molar-refractivity contribution < 1.29 is 35.1 Å². The number of rotatable bonds is 9. The maximum Gasteiger partial charge on any atom is 0.422 e. The van der Waals surface area contributed by atoms with Gasteiger partial charge in [0.15, 0.2) is 0 Å². The molecule has 0 unspecified atom stereocenters. The van der Waals surface area contributed by atoms with Crippen molar-refractivity contribution in [1.82, 2.24) is 0 Å². The lowest BCUT2D eigenvalue weighted by atomic mass is 9.96. The SMILES string of the molecule is C=CCCc1cc(F)c(CCc2ccc3c(F)c(CCc4cc(F)c(C(F)(F)F)c(F)c4)ccc3c2)c(F)c1. The normalized spacial score (nSPS) is 11.8. The summed E-state index contributed by atoms with van der Waals surface area (Å²) in [7, 11) is 0. The minimum absolute atomic E-state index is 0.00905. The predicted octanol–water partition coefficient (Wildman–Crippen LogP) is 9.24. The highest BCUT2D eigenvalue weighted by Crippen LogP contribution is 2.34. The maximum absolute atomic E-state index is 15.2. The lowest BCUT2D eigenvalue weighted by Crippen LogP contribution is -2.12. The molecule has 0 aliphatic rings. The molecule has 0 saturated carbocycles. The second-order valence-corrected chi connectivity index (χ2v) is 9.39. The molecule has 0 aliphatic heterocycles. The highest BCUT2D eigenvalue weighted by Gasteiger charge is 2.37. The van der Waals surface area contributed by atoms with Gasteiger partial charge < -0.3 is 0 Å². The molecule has 4 rings (SSSR count). The molecular weight excluding hydrogens is 524 g/mol. The standard InChI is InChI=1S/C31H24F8/c1-2-3-4-19-14-25(32)24(26(33)15-19)12-7-18-6-11-23-22(13-18)10-9-21(30(23)36)8-5-20-16-27(34)29(28(35)17-20)31(37,38)39/h2,6,9-11,13-17H,1,3-5,7-8,12H2. The largest absolute Gasteiger partial charge is 0.422 e. The Labute approximate surface area is 220 Å². The fraction of sp³-hybridized carbons (Fsp3) is 0.226. The van der Waals surface area contributed by atoms with Crippen molar-refractivity contribution in [3.63, 3.8) is 0 Å². The van der Waals surface area contributed by atoms with E-state index < -0.39 is 40.8 Å². The van der Waals surface area contributed by atoms with Crippen LogP contribution in [-0.4, -0.2) is 0 Å². The molecule has 0 fully saturated rings. The second-order valence-electron chi connectivity index (χ2n) is 9.39. The lowest BCUT2D eigenvalue weighted by Gasteiger charge is -2.12. The highest BCUT2D eigenvalue weighted by molar-refractivity contribution is 5.84. The Morgan fingerprint density at radius 2 is 1.21 bits per heavy atom. The summed E-state index contributed by atoms with van der Waals surface area (Å²) in [6.45, 7) is 3.60. The van der Waals surface area contributed by atoms with Gasteiger partial charge in [-0.2, -0.15) is 13.2 Å². The quantitative estimate of drug-likeness (QED) is 0.144. The first-order valence-corrected chi connectivity index (χ1v) is 12.3. The van der Waals surface area contributed by atoms with E-state index in [2.05, 4.69) is 6.58 Å². The van der Waals surface area contributed by atoms with Crippen molar-refractivity contribution in [3.8, 4) is 0 Å². The molecule has 0 nitrogen and oxygen atoms in total. The average molecular weight is 549 g/mol. The van der Waals surface area contributed by atoms with Gasteiger partial charge in [-0.1, -0.05) is 36.4 Å². The fourth-order valence-electron chi connectivity index (χ4n) is 4.63. The zero-order valence-corrected chi connectivity index (χ0v) is 20.7. The summed E-state index contributed by atoms with van der Waals surface area (Å²) in [5, 5.41) is 0.839. The zero-order valence-electron chi connectivity index (χ0n) is 20.7. The van der Waals surface area contributed by atoms with Crippen LogP contribution in [0.3, 0.4) is 0 Å². The van der Waals surface area contributed by atoms with Crippen LogP contribution in [0.2, 0.25) is 0 Å². The molecule has 0 aliphatic carbocycles. The van der Waals surface area contributed by atoms with E-state index in [9.17, 15) is 30.7 Å². The Bertz CT molecular complexity index is 1470. The molecule has 0 bridgehead atoms. The molecule has 0 N–H and O–H groups in total. The topological polar surface area (TPSA) is 0 Å². The Morgan fingerprint density at radius 1 is 0.615 bits per heavy atom. The first-order chi connectivity index (χ1) is 18.5. The minimum atomic E-state index is -5.16. The lowest BCUT2D eigenvalue weighted by molar-refractivity contribution is -0.142. The fourth-order valence-corrected chi connectivity index (χ4v) is 4.63. The second kappa shape index (κ2) is 11.6. The van der Waals surface area contributed by atoms with Crippen molar-refractivity contribution in [1.29, 1.82) is 0 Å². The van der Waals surface area contributed by atoms with Gasteiger partial charge in [0.25, 0.3) is 0 Å². The van der Waals surface area contributed by atoms with E-state index in [1.807, 2.05) is 0 Å². The molecule has 0 heterocycles. The van der Waals surface area contributed by atoms with Crippen LogP contribution in [0.1, 0.15) is 39.8 Å². The van der Waals surface area contributed by atoms with Crippen LogP contribution >= 0.6 is 0 Å². The van der Waals surface area contributed by atoms with Crippen LogP contribution in [-0.2, 0) is 38.3 Å². The molecule has 4 aromatic carbocycles. The third kappa shape index (κ3) is 6.49. The number of benzene rings is 4. The Hall–Kier alpha value is -3.68. The van der Waals surface area contributed by atoms with Gasteiger partial charge in [-0.05, 0) is 90.4 Å². The van der Waals surface area contributed by atoms with Crippen LogP contribution in [0, 0.1) is 29.1 Å². The summed E-state index contributed by atoms with van der Waals surface area (Å²) in [6.07, 6.45) is -2.00. The minimum Gasteiger partial charge on any atom is -0.207 e. The first kappa shape index (κ1) is 28.3. The predicted molar refractivity (Wildman–Crippen MR) is 135 cm³/mol. The third-order valence-corrected chi connectivity index (χ3v) is 6.67. The molecule has 0 aromatic heterocycles. The molecular formula is C31H24F8. The number of hydrogen-bond acceptors (Lipinski definition) is 0. The Morgan fingerprint density at radius 3 is 1.82 bits per heavy atom. The maximum atomic E-state index is 15.2. The summed E-state index contributed by atoms with van der Waals surface area (Å²) < 4.78 is 110. The molecule has 8 heteroatoms. The van der Waals surface area contributed by atoms with Gasteiger partial charge in [0.2, 0.25) is 0 Å². The summed E-state index contributed by atoms with van der Waals surface area (Å²) in [4.78, 5) is 0.